The van der Waals surface area contributed by atoms with E-state index in [0.717, 1.165) is 25.7 Å². The molecule has 0 radical (unpaired) electrons. The minimum atomic E-state index is -0.652. The van der Waals surface area contributed by atoms with E-state index < -0.39 is 5.60 Å². The zero-order chi connectivity index (χ0) is 9.73. The third-order valence-corrected chi connectivity index (χ3v) is 2.59. The highest BCUT2D eigenvalue weighted by molar-refractivity contribution is 5.75. The second-order valence-electron chi connectivity index (χ2n) is 3.88. The molecule has 0 spiro atoms. The van der Waals surface area contributed by atoms with Crippen molar-refractivity contribution >= 4 is 5.96 Å². The molecule has 1 saturated carbocycles. The van der Waals surface area contributed by atoms with Crippen LogP contribution in [0.15, 0.2) is 4.99 Å². The van der Waals surface area contributed by atoms with Gasteiger partial charge in [-0.2, -0.15) is 0 Å². The lowest BCUT2D eigenvalue weighted by Crippen LogP contribution is -2.34. The molecule has 0 bridgehead atoms. The molecule has 0 heterocycles. The van der Waals surface area contributed by atoms with Crippen molar-refractivity contribution < 1.29 is 5.11 Å². The van der Waals surface area contributed by atoms with Crippen molar-refractivity contribution in [3.63, 3.8) is 0 Å². The van der Waals surface area contributed by atoms with Gasteiger partial charge in [0, 0.05) is 0 Å². The highest BCUT2D eigenvalue weighted by atomic mass is 16.3. The molecule has 13 heavy (non-hydrogen) atoms. The molecule has 76 valence electrons. The third kappa shape index (κ3) is 3.63. The van der Waals surface area contributed by atoms with Gasteiger partial charge in [-0.15, -0.1) is 0 Å². The lowest BCUT2D eigenvalue weighted by Gasteiger charge is -2.24. The largest absolute Gasteiger partial charge is 0.388 e. The summed E-state index contributed by atoms with van der Waals surface area (Å²) in [5.74, 6) is 0.0673. The van der Waals surface area contributed by atoms with Crippen molar-refractivity contribution in [2.75, 3.05) is 6.54 Å². The molecule has 0 amide bonds. The fourth-order valence-corrected chi connectivity index (χ4v) is 1.78. The van der Waals surface area contributed by atoms with E-state index >= 15 is 0 Å². The zero-order valence-electron chi connectivity index (χ0n) is 8.00. The zero-order valence-corrected chi connectivity index (χ0v) is 8.00. The smallest absolute Gasteiger partial charge is 0.186 e. The van der Waals surface area contributed by atoms with E-state index in [9.17, 15) is 5.11 Å². The molecule has 0 aromatic rings. The Bertz CT molecular complexity index is 179. The van der Waals surface area contributed by atoms with E-state index in [2.05, 4.69) is 4.99 Å². The van der Waals surface area contributed by atoms with Crippen molar-refractivity contribution in [1.82, 2.24) is 0 Å². The van der Waals surface area contributed by atoms with E-state index in [1.165, 1.54) is 12.8 Å². The summed E-state index contributed by atoms with van der Waals surface area (Å²) in [6.07, 6.45) is 6.23. The fraction of sp³-hybridized carbons (Fsp3) is 0.889. The number of aliphatic hydroxyl groups is 1. The van der Waals surface area contributed by atoms with Crippen LogP contribution in [0.5, 0.6) is 0 Å². The van der Waals surface area contributed by atoms with E-state index in [-0.39, 0.29) is 5.96 Å². The summed E-state index contributed by atoms with van der Waals surface area (Å²) in [6.45, 7) is 0.356. The summed E-state index contributed by atoms with van der Waals surface area (Å²) in [4.78, 5) is 3.88. The molecular formula is C9H19N3O. The Labute approximate surface area is 79.0 Å². The number of aliphatic imine (C=N–C) groups is 1. The van der Waals surface area contributed by atoms with Crippen LogP contribution in [0.25, 0.3) is 0 Å². The average molecular weight is 185 g/mol. The summed E-state index contributed by atoms with van der Waals surface area (Å²) in [6, 6.07) is 0. The number of nitrogens with two attached hydrogens (primary N) is 2. The molecule has 4 nitrogen and oxygen atoms in total. The SMILES string of the molecule is NC(N)=NCC1(O)CCCCCC1. The molecule has 0 unspecified atom stereocenters. The number of hydrogen-bond acceptors (Lipinski definition) is 2. The van der Waals surface area contributed by atoms with E-state index in [1.807, 2.05) is 0 Å². The van der Waals surface area contributed by atoms with Crippen molar-refractivity contribution in [3.05, 3.63) is 0 Å². The van der Waals surface area contributed by atoms with Gasteiger partial charge in [-0.05, 0) is 12.8 Å². The molecule has 0 aromatic carbocycles. The van der Waals surface area contributed by atoms with Gasteiger partial charge in [0.2, 0.25) is 0 Å². The number of nitrogens with zero attached hydrogens (tertiary/aromatic N) is 1. The molecule has 1 rings (SSSR count). The monoisotopic (exact) mass is 185 g/mol. The minimum absolute atomic E-state index is 0.0673. The summed E-state index contributed by atoms with van der Waals surface area (Å²) in [5, 5.41) is 10.1. The van der Waals surface area contributed by atoms with Gasteiger partial charge in [-0.25, -0.2) is 0 Å². The molecule has 0 saturated heterocycles. The van der Waals surface area contributed by atoms with Crippen molar-refractivity contribution in [2.24, 2.45) is 16.5 Å². The highest BCUT2D eigenvalue weighted by Crippen LogP contribution is 2.26. The summed E-state index contributed by atoms with van der Waals surface area (Å²) >= 11 is 0. The van der Waals surface area contributed by atoms with Crippen LogP contribution in [-0.4, -0.2) is 23.2 Å². The summed E-state index contributed by atoms with van der Waals surface area (Å²) in [5.41, 5.74) is 9.80. The van der Waals surface area contributed by atoms with Crippen LogP contribution in [0.2, 0.25) is 0 Å². The molecule has 0 aliphatic heterocycles. The number of hydrogen-bond donors (Lipinski definition) is 3. The predicted octanol–water partition coefficient (Wildman–Crippen LogP) is 0.345. The van der Waals surface area contributed by atoms with Gasteiger partial charge in [0.1, 0.15) is 0 Å². The lowest BCUT2D eigenvalue weighted by atomic mass is 9.95. The Balaban J connectivity index is 2.47. The Kier molecular flexibility index (Phi) is 3.54. The first kappa shape index (κ1) is 10.3. The standard InChI is InChI=1S/C9H19N3O/c10-8(11)12-7-9(13)5-3-1-2-4-6-9/h13H,1-7H2,(H4,10,11,12). The number of rotatable bonds is 2. The summed E-state index contributed by atoms with van der Waals surface area (Å²) < 4.78 is 0. The van der Waals surface area contributed by atoms with Crippen molar-refractivity contribution in [1.29, 1.82) is 0 Å². The second-order valence-corrected chi connectivity index (χ2v) is 3.88. The molecule has 4 heteroatoms. The topological polar surface area (TPSA) is 84.6 Å². The first-order valence-electron chi connectivity index (χ1n) is 4.90. The van der Waals surface area contributed by atoms with Crippen LogP contribution >= 0.6 is 0 Å². The van der Waals surface area contributed by atoms with Crippen LogP contribution in [-0.2, 0) is 0 Å². The van der Waals surface area contributed by atoms with Gasteiger partial charge in [-0.1, -0.05) is 25.7 Å². The Hall–Kier alpha value is -0.770. The van der Waals surface area contributed by atoms with E-state index in [4.69, 9.17) is 11.5 Å². The summed E-state index contributed by atoms with van der Waals surface area (Å²) in [7, 11) is 0. The second kappa shape index (κ2) is 4.46. The molecule has 1 aliphatic rings. The maximum atomic E-state index is 10.1. The fourth-order valence-electron chi connectivity index (χ4n) is 1.78. The van der Waals surface area contributed by atoms with Gasteiger partial charge in [0.05, 0.1) is 12.1 Å². The van der Waals surface area contributed by atoms with Crippen LogP contribution in [0.1, 0.15) is 38.5 Å². The molecule has 5 N–H and O–H groups in total. The van der Waals surface area contributed by atoms with Crippen LogP contribution < -0.4 is 11.5 Å². The Morgan fingerprint density at radius 2 is 1.69 bits per heavy atom. The van der Waals surface area contributed by atoms with E-state index in [0.29, 0.717) is 6.54 Å². The lowest BCUT2D eigenvalue weighted by molar-refractivity contribution is 0.0344. The van der Waals surface area contributed by atoms with Crippen molar-refractivity contribution in [2.45, 2.75) is 44.1 Å². The van der Waals surface area contributed by atoms with Crippen molar-refractivity contribution in [3.8, 4) is 0 Å². The normalized spacial score (nSPS) is 21.9. The Morgan fingerprint density at radius 1 is 1.15 bits per heavy atom. The molecule has 1 aliphatic carbocycles. The Morgan fingerprint density at radius 3 is 2.15 bits per heavy atom. The van der Waals surface area contributed by atoms with Crippen LogP contribution in [0, 0.1) is 0 Å². The van der Waals surface area contributed by atoms with Gasteiger partial charge >= 0.3 is 0 Å². The minimum Gasteiger partial charge on any atom is -0.388 e. The first-order chi connectivity index (χ1) is 6.12. The van der Waals surface area contributed by atoms with Gasteiger partial charge in [-0.3, -0.25) is 4.99 Å². The quantitative estimate of drug-likeness (QED) is 0.329. The average Bonchev–Trinajstić information content (AvgIpc) is 2.28. The molecule has 0 aromatic heterocycles. The first-order valence-corrected chi connectivity index (χ1v) is 4.90. The van der Waals surface area contributed by atoms with Crippen LogP contribution in [0.4, 0.5) is 0 Å². The maximum absolute atomic E-state index is 10.1. The van der Waals surface area contributed by atoms with Gasteiger partial charge < -0.3 is 16.6 Å². The molecule has 1 fully saturated rings. The maximum Gasteiger partial charge on any atom is 0.186 e. The van der Waals surface area contributed by atoms with Gasteiger partial charge in [0.15, 0.2) is 5.96 Å². The third-order valence-electron chi connectivity index (χ3n) is 2.59. The number of guanidine groups is 1. The molecule has 0 atom stereocenters. The highest BCUT2D eigenvalue weighted by Gasteiger charge is 2.27. The molecular weight excluding hydrogens is 166 g/mol. The predicted molar refractivity (Wildman–Crippen MR) is 53.3 cm³/mol. The van der Waals surface area contributed by atoms with Crippen LogP contribution in [0.3, 0.4) is 0 Å². The van der Waals surface area contributed by atoms with E-state index in [1.54, 1.807) is 0 Å². The van der Waals surface area contributed by atoms with Gasteiger partial charge in [0.25, 0.3) is 0 Å².